The van der Waals surface area contributed by atoms with Crippen LogP contribution in [0.1, 0.15) is 76.7 Å². The highest BCUT2D eigenvalue weighted by molar-refractivity contribution is 5.32. The Morgan fingerprint density at radius 1 is 1.07 bits per heavy atom. The third kappa shape index (κ3) is 8.15. The van der Waals surface area contributed by atoms with Gasteiger partial charge in [-0.3, -0.25) is 14.6 Å². The van der Waals surface area contributed by atoms with Crippen molar-refractivity contribution >= 4 is 5.82 Å². The molecule has 1 aliphatic carbocycles. The quantitative estimate of drug-likeness (QED) is 0.261. The Hall–Kier alpha value is -2.26. The molecule has 1 unspecified atom stereocenters. The van der Waals surface area contributed by atoms with E-state index in [2.05, 4.69) is 56.4 Å². The van der Waals surface area contributed by atoms with Crippen molar-refractivity contribution in [2.24, 2.45) is 5.92 Å². The van der Waals surface area contributed by atoms with Crippen LogP contribution in [0, 0.1) is 5.92 Å². The minimum Gasteiger partial charge on any atom is -0.384 e. The average Bonchev–Trinajstić information content (AvgIpc) is 2.99. The molecule has 1 aromatic heterocycles. The molecule has 4 aliphatic rings. The largest absolute Gasteiger partial charge is 0.384 e. The molecule has 3 N–H and O–H groups in total. The van der Waals surface area contributed by atoms with Crippen LogP contribution < -0.4 is 11.2 Å². The van der Waals surface area contributed by atoms with Crippen LogP contribution in [0.15, 0.2) is 53.9 Å². The second kappa shape index (κ2) is 14.1. The van der Waals surface area contributed by atoms with Crippen LogP contribution in [0.5, 0.6) is 0 Å². The number of nitrogens with two attached hydrogens (primary N) is 1. The van der Waals surface area contributed by atoms with E-state index in [0.717, 1.165) is 44.6 Å². The number of allylic oxidation sites excluding steroid dienone is 4. The zero-order valence-electron chi connectivity index (χ0n) is 24.4. The van der Waals surface area contributed by atoms with Gasteiger partial charge in [0.05, 0.1) is 0 Å². The van der Waals surface area contributed by atoms with E-state index in [1.165, 1.54) is 44.2 Å². The lowest BCUT2D eigenvalue weighted by Gasteiger charge is -2.42. The smallest absolute Gasteiger partial charge is 0.185 e. The molecule has 2 fully saturated rings. The monoisotopic (exact) mass is 552 g/mol. The van der Waals surface area contributed by atoms with Crippen LogP contribution in [0.4, 0.5) is 10.2 Å². The van der Waals surface area contributed by atoms with Gasteiger partial charge in [0.15, 0.2) is 5.79 Å². The first-order chi connectivity index (χ1) is 19.5. The van der Waals surface area contributed by atoms with Gasteiger partial charge in [-0.2, -0.15) is 5.48 Å². The molecule has 1 aromatic rings. The number of nitrogen functional groups attached to an aromatic ring is 1. The zero-order chi connectivity index (χ0) is 27.8. The molecule has 0 amide bonds. The number of hydrogen-bond donors (Lipinski definition) is 2. The minimum absolute atomic E-state index is 0.405. The summed E-state index contributed by atoms with van der Waals surface area (Å²) in [5.74, 6) is -0.411. The van der Waals surface area contributed by atoms with E-state index in [9.17, 15) is 0 Å². The van der Waals surface area contributed by atoms with Gasteiger partial charge in [0.1, 0.15) is 12.5 Å². The number of anilines is 1. The number of alkyl halides is 1. The summed E-state index contributed by atoms with van der Waals surface area (Å²) in [5.41, 5.74) is 12.9. The molecule has 7 nitrogen and oxygen atoms in total. The lowest BCUT2D eigenvalue weighted by Crippen LogP contribution is -2.52. The number of likely N-dealkylation sites (tertiary alicyclic amines) is 2. The summed E-state index contributed by atoms with van der Waals surface area (Å²) in [5, 5.41) is 0. The zero-order valence-corrected chi connectivity index (χ0v) is 24.4. The van der Waals surface area contributed by atoms with Gasteiger partial charge in [-0.25, -0.2) is 9.37 Å². The van der Waals surface area contributed by atoms with Crippen molar-refractivity contribution in [3.63, 3.8) is 0 Å². The SMILES string of the molecule is CC1C=CCCCCC2=C(C=CCC2)N(C2CCN(CONC3(F)CCN(Cc4ccnc(N)c4)CC3)CC2)C1. The number of halogens is 1. The lowest BCUT2D eigenvalue weighted by atomic mass is 9.93. The Bertz CT molecular complexity index is 1040. The molecule has 3 aliphatic heterocycles. The van der Waals surface area contributed by atoms with E-state index in [0.29, 0.717) is 50.4 Å². The van der Waals surface area contributed by atoms with Crippen molar-refractivity contribution in [3.8, 4) is 0 Å². The van der Waals surface area contributed by atoms with Gasteiger partial charge in [-0.05, 0) is 86.6 Å². The Morgan fingerprint density at radius 2 is 1.90 bits per heavy atom. The van der Waals surface area contributed by atoms with Gasteiger partial charge in [-0.15, -0.1) is 0 Å². The van der Waals surface area contributed by atoms with Crippen molar-refractivity contribution in [1.29, 1.82) is 0 Å². The number of aromatic nitrogens is 1. The number of rotatable bonds is 7. The second-order valence-electron chi connectivity index (χ2n) is 12.3. The van der Waals surface area contributed by atoms with Crippen LogP contribution in [-0.4, -0.2) is 71.0 Å². The standard InChI is InChI=1S/C32H49FN6O/c1-26-8-4-2-3-5-9-28-10-6-7-11-30(28)39(23-26)29-13-18-38(19-14-29)25-40-36-32(33)15-20-37(21-16-32)24-27-12-17-35-31(34)22-27/h4,7-8,11-12,17,22,26,29,36H,2-3,5-6,9-10,13-16,18-21,23-25H2,1H3,(H2,34,35). The third-order valence-corrected chi connectivity index (χ3v) is 9.01. The molecule has 0 spiro atoms. The van der Waals surface area contributed by atoms with Gasteiger partial charge in [0.2, 0.25) is 0 Å². The van der Waals surface area contributed by atoms with E-state index in [4.69, 9.17) is 10.6 Å². The Kier molecular flexibility index (Phi) is 10.3. The molecule has 2 saturated heterocycles. The summed E-state index contributed by atoms with van der Waals surface area (Å²) in [7, 11) is 0. The molecule has 5 rings (SSSR count). The molecule has 0 bridgehead atoms. The predicted molar refractivity (Wildman–Crippen MR) is 160 cm³/mol. The molecule has 8 heteroatoms. The number of hydrogen-bond acceptors (Lipinski definition) is 7. The fraction of sp³-hybridized carbons (Fsp3) is 0.656. The summed E-state index contributed by atoms with van der Waals surface area (Å²) in [6.45, 7) is 7.92. The minimum atomic E-state index is -1.48. The first-order valence-corrected chi connectivity index (χ1v) is 15.5. The number of piperidine rings is 2. The van der Waals surface area contributed by atoms with Crippen molar-refractivity contribution in [2.75, 3.05) is 45.2 Å². The highest BCUT2D eigenvalue weighted by Crippen LogP contribution is 2.32. The van der Waals surface area contributed by atoms with Gasteiger partial charge in [-0.1, -0.05) is 25.2 Å². The number of hydroxylamine groups is 1. The Morgan fingerprint density at radius 3 is 2.70 bits per heavy atom. The third-order valence-electron chi connectivity index (χ3n) is 9.01. The molecule has 220 valence electrons. The van der Waals surface area contributed by atoms with E-state index in [1.807, 2.05) is 12.1 Å². The molecule has 1 atom stereocenters. The highest BCUT2D eigenvalue weighted by Gasteiger charge is 2.35. The van der Waals surface area contributed by atoms with E-state index < -0.39 is 5.79 Å². The molecule has 4 heterocycles. The maximum Gasteiger partial charge on any atom is 0.185 e. The highest BCUT2D eigenvalue weighted by atomic mass is 19.1. The summed E-state index contributed by atoms with van der Waals surface area (Å²) < 4.78 is 15.4. The van der Waals surface area contributed by atoms with Crippen LogP contribution in [0.3, 0.4) is 0 Å². The molecular formula is C32H49FN6O. The van der Waals surface area contributed by atoms with Gasteiger partial charge < -0.3 is 10.6 Å². The number of pyridine rings is 1. The predicted octanol–water partition coefficient (Wildman–Crippen LogP) is 5.54. The fourth-order valence-electron chi connectivity index (χ4n) is 6.63. The summed E-state index contributed by atoms with van der Waals surface area (Å²) >= 11 is 0. The number of nitrogens with zero attached hydrogens (tertiary/aromatic N) is 4. The van der Waals surface area contributed by atoms with Crippen molar-refractivity contribution in [3.05, 3.63) is 59.5 Å². The van der Waals surface area contributed by atoms with Gasteiger partial charge in [0.25, 0.3) is 0 Å². The Labute approximate surface area is 240 Å². The van der Waals surface area contributed by atoms with Crippen molar-refractivity contribution in [1.82, 2.24) is 25.2 Å². The van der Waals surface area contributed by atoms with Gasteiger partial charge >= 0.3 is 0 Å². The lowest BCUT2D eigenvalue weighted by molar-refractivity contribution is -0.139. The summed E-state index contributed by atoms with van der Waals surface area (Å²) in [4.78, 5) is 17.1. The first-order valence-electron chi connectivity index (χ1n) is 15.5. The second-order valence-corrected chi connectivity index (χ2v) is 12.3. The maximum atomic E-state index is 15.4. The van der Waals surface area contributed by atoms with Crippen LogP contribution in [-0.2, 0) is 11.4 Å². The van der Waals surface area contributed by atoms with E-state index >= 15 is 4.39 Å². The maximum absolute atomic E-state index is 15.4. The van der Waals surface area contributed by atoms with Crippen LogP contribution in [0.25, 0.3) is 0 Å². The summed E-state index contributed by atoms with van der Waals surface area (Å²) in [6, 6.07) is 4.40. The molecule has 0 aromatic carbocycles. The molecule has 40 heavy (non-hydrogen) atoms. The average molecular weight is 553 g/mol. The number of nitrogens with one attached hydrogen (secondary N) is 1. The topological polar surface area (TPSA) is 69.9 Å². The fourth-order valence-corrected chi connectivity index (χ4v) is 6.63. The van der Waals surface area contributed by atoms with Crippen LogP contribution >= 0.6 is 0 Å². The molecular weight excluding hydrogens is 503 g/mol. The van der Waals surface area contributed by atoms with E-state index in [1.54, 1.807) is 11.8 Å². The van der Waals surface area contributed by atoms with E-state index in [-0.39, 0.29) is 0 Å². The molecule has 0 saturated carbocycles. The normalized spacial score (nSPS) is 25.6. The summed E-state index contributed by atoms with van der Waals surface area (Å²) in [6.07, 6.45) is 21.8. The van der Waals surface area contributed by atoms with Gasteiger partial charge in [0, 0.05) is 70.0 Å². The first kappa shape index (κ1) is 29.2. The molecule has 0 radical (unpaired) electrons. The van der Waals surface area contributed by atoms with Crippen molar-refractivity contribution in [2.45, 2.75) is 89.5 Å². The van der Waals surface area contributed by atoms with Crippen molar-refractivity contribution < 1.29 is 9.23 Å². The Balaban J connectivity index is 1.08. The van der Waals surface area contributed by atoms with Crippen LogP contribution in [0.2, 0.25) is 0 Å².